The van der Waals surface area contributed by atoms with Gasteiger partial charge in [-0.3, -0.25) is 14.5 Å². The minimum Gasteiger partial charge on any atom is -0.495 e. The fraction of sp³-hybridized carbons (Fsp3) is 0.333. The number of hydrogen-bond acceptors (Lipinski definition) is 4. The second-order valence-corrected chi connectivity index (χ2v) is 6.73. The zero-order chi connectivity index (χ0) is 22.3. The van der Waals surface area contributed by atoms with Crippen LogP contribution in [0.25, 0.3) is 0 Å². The molecule has 2 rings (SSSR count). The molecule has 0 saturated heterocycles. The van der Waals surface area contributed by atoms with E-state index in [-0.39, 0.29) is 19.0 Å². The van der Waals surface area contributed by atoms with Crippen molar-refractivity contribution in [2.75, 3.05) is 37.4 Å². The Hall–Kier alpha value is -3.07. The Morgan fingerprint density at radius 3 is 2.20 bits per heavy atom. The summed E-state index contributed by atoms with van der Waals surface area (Å²) in [5.41, 5.74) is 0.973. The van der Waals surface area contributed by atoms with Crippen LogP contribution in [0.15, 0.2) is 30.3 Å². The number of nitrogens with one attached hydrogen (secondary N) is 2. The molecular formula is C21H24F3N3O3. The first kappa shape index (κ1) is 23.2. The van der Waals surface area contributed by atoms with Crippen LogP contribution < -0.4 is 15.4 Å². The number of aryl methyl sites for hydroxylation is 1. The van der Waals surface area contributed by atoms with E-state index in [0.29, 0.717) is 24.4 Å². The van der Waals surface area contributed by atoms with Crippen LogP contribution in [0, 0.1) is 24.4 Å². The van der Waals surface area contributed by atoms with Gasteiger partial charge in [0.05, 0.1) is 31.6 Å². The summed E-state index contributed by atoms with van der Waals surface area (Å²) in [5.74, 6) is -5.00. The molecule has 0 aliphatic rings. The molecule has 0 aromatic heterocycles. The highest BCUT2D eigenvalue weighted by molar-refractivity contribution is 5.95. The number of methoxy groups -OCH3 is 1. The van der Waals surface area contributed by atoms with Crippen molar-refractivity contribution in [3.05, 3.63) is 53.3 Å². The summed E-state index contributed by atoms with van der Waals surface area (Å²) < 4.78 is 45.3. The number of hydrogen-bond donors (Lipinski definition) is 2. The van der Waals surface area contributed by atoms with Crippen LogP contribution in [0.4, 0.5) is 24.5 Å². The van der Waals surface area contributed by atoms with Crippen molar-refractivity contribution in [3.8, 4) is 5.75 Å². The van der Waals surface area contributed by atoms with Gasteiger partial charge in [-0.1, -0.05) is 13.0 Å². The first-order valence-corrected chi connectivity index (χ1v) is 9.35. The minimum atomic E-state index is -1.66. The van der Waals surface area contributed by atoms with Crippen molar-refractivity contribution in [2.45, 2.75) is 20.3 Å². The molecule has 0 unspecified atom stereocenters. The summed E-state index contributed by atoms with van der Waals surface area (Å²) in [6.45, 7) is 3.84. The first-order valence-electron chi connectivity index (χ1n) is 9.35. The number of benzene rings is 2. The predicted octanol–water partition coefficient (Wildman–Crippen LogP) is 3.71. The largest absolute Gasteiger partial charge is 0.495 e. The number of halogens is 3. The third-order valence-corrected chi connectivity index (χ3v) is 4.21. The Balaban J connectivity index is 2.02. The summed E-state index contributed by atoms with van der Waals surface area (Å²) >= 11 is 0. The monoisotopic (exact) mass is 423 g/mol. The molecule has 2 amide bonds. The van der Waals surface area contributed by atoms with E-state index in [1.165, 1.54) is 7.11 Å². The lowest BCUT2D eigenvalue weighted by atomic mass is 10.2. The van der Waals surface area contributed by atoms with Gasteiger partial charge in [-0.05, 0) is 49.7 Å². The third-order valence-electron chi connectivity index (χ3n) is 4.21. The summed E-state index contributed by atoms with van der Waals surface area (Å²) in [4.78, 5) is 26.3. The van der Waals surface area contributed by atoms with Crippen LogP contribution in [0.5, 0.6) is 5.75 Å². The fourth-order valence-corrected chi connectivity index (χ4v) is 2.86. The Bertz CT molecular complexity index is 922. The molecule has 0 atom stereocenters. The van der Waals surface area contributed by atoms with Crippen molar-refractivity contribution in [1.29, 1.82) is 0 Å². The normalized spacial score (nSPS) is 10.8. The zero-order valence-corrected chi connectivity index (χ0v) is 17.0. The van der Waals surface area contributed by atoms with Crippen LogP contribution >= 0.6 is 0 Å². The lowest BCUT2D eigenvalue weighted by Crippen LogP contribution is -2.39. The van der Waals surface area contributed by atoms with Crippen LogP contribution in [0.3, 0.4) is 0 Å². The van der Waals surface area contributed by atoms with Crippen molar-refractivity contribution in [1.82, 2.24) is 4.90 Å². The lowest BCUT2D eigenvalue weighted by Gasteiger charge is -2.21. The van der Waals surface area contributed by atoms with E-state index in [0.717, 1.165) is 17.7 Å². The standard InChI is InChI=1S/C21H24F3N3O3/c1-4-9-27(11-18(28)25-15-7-6-14(22)20(23)21(15)24)12-19(29)26-16-10-13(2)5-8-17(16)30-3/h5-8,10H,4,9,11-12H2,1-3H3,(H,25,28)(H,26,29). The van der Waals surface area contributed by atoms with E-state index in [1.54, 1.807) is 17.0 Å². The van der Waals surface area contributed by atoms with Crippen molar-refractivity contribution >= 4 is 23.2 Å². The molecule has 0 saturated carbocycles. The Kier molecular flexibility index (Phi) is 8.23. The van der Waals surface area contributed by atoms with Gasteiger partial charge in [0.1, 0.15) is 5.75 Å². The second kappa shape index (κ2) is 10.6. The van der Waals surface area contributed by atoms with Gasteiger partial charge < -0.3 is 15.4 Å². The van der Waals surface area contributed by atoms with Crippen molar-refractivity contribution in [2.24, 2.45) is 0 Å². The van der Waals surface area contributed by atoms with Crippen LogP contribution in [0.2, 0.25) is 0 Å². The van der Waals surface area contributed by atoms with Gasteiger partial charge in [-0.25, -0.2) is 13.2 Å². The van der Waals surface area contributed by atoms with E-state index in [2.05, 4.69) is 10.6 Å². The molecule has 30 heavy (non-hydrogen) atoms. The number of ether oxygens (including phenoxy) is 1. The maximum Gasteiger partial charge on any atom is 0.238 e. The number of amides is 2. The summed E-state index contributed by atoms with van der Waals surface area (Å²) in [5, 5.41) is 4.95. The van der Waals surface area contributed by atoms with Crippen LogP contribution in [0.1, 0.15) is 18.9 Å². The summed E-state index contributed by atoms with van der Waals surface area (Å²) in [6.07, 6.45) is 0.661. The van der Waals surface area contributed by atoms with E-state index in [1.807, 2.05) is 19.9 Å². The van der Waals surface area contributed by atoms with Crippen molar-refractivity contribution in [3.63, 3.8) is 0 Å². The molecule has 162 valence electrons. The molecule has 6 nitrogen and oxygen atoms in total. The van der Waals surface area contributed by atoms with Crippen LogP contribution in [-0.2, 0) is 9.59 Å². The minimum absolute atomic E-state index is 0.0986. The number of nitrogens with zero attached hydrogens (tertiary/aromatic N) is 1. The fourth-order valence-electron chi connectivity index (χ4n) is 2.86. The predicted molar refractivity (Wildman–Crippen MR) is 108 cm³/mol. The highest BCUT2D eigenvalue weighted by atomic mass is 19.2. The molecule has 2 aromatic rings. The summed E-state index contributed by atoms with van der Waals surface area (Å²) in [7, 11) is 1.49. The highest BCUT2D eigenvalue weighted by Gasteiger charge is 2.18. The van der Waals surface area contributed by atoms with Crippen molar-refractivity contribution < 1.29 is 27.5 Å². The smallest absolute Gasteiger partial charge is 0.238 e. The maximum absolute atomic E-state index is 13.7. The van der Waals surface area contributed by atoms with Gasteiger partial charge >= 0.3 is 0 Å². The molecule has 0 fully saturated rings. The number of rotatable bonds is 9. The molecule has 9 heteroatoms. The van der Waals surface area contributed by atoms with Gasteiger partial charge in [0.15, 0.2) is 17.5 Å². The molecule has 0 heterocycles. The van der Waals surface area contributed by atoms with Gasteiger partial charge in [-0.2, -0.15) is 0 Å². The number of carbonyl (C=O) groups excluding carboxylic acids is 2. The molecule has 0 bridgehead atoms. The van der Waals surface area contributed by atoms with Gasteiger partial charge in [0.2, 0.25) is 11.8 Å². The lowest BCUT2D eigenvalue weighted by molar-refractivity contribution is -0.120. The van der Waals surface area contributed by atoms with Gasteiger partial charge in [0.25, 0.3) is 0 Å². The summed E-state index contributed by atoms with van der Waals surface area (Å²) in [6, 6.07) is 7.00. The topological polar surface area (TPSA) is 70.7 Å². The van der Waals surface area contributed by atoms with E-state index < -0.39 is 29.0 Å². The second-order valence-electron chi connectivity index (χ2n) is 6.73. The molecule has 2 aromatic carbocycles. The van der Waals surface area contributed by atoms with E-state index >= 15 is 0 Å². The first-order chi connectivity index (χ1) is 14.2. The average molecular weight is 423 g/mol. The SMILES string of the molecule is CCCN(CC(=O)Nc1cc(C)ccc1OC)CC(=O)Nc1ccc(F)c(F)c1F. The molecule has 0 radical (unpaired) electrons. The van der Waals surface area contributed by atoms with E-state index in [9.17, 15) is 22.8 Å². The molecule has 0 spiro atoms. The molecule has 2 N–H and O–H groups in total. The van der Waals surface area contributed by atoms with Gasteiger partial charge in [0, 0.05) is 0 Å². The van der Waals surface area contributed by atoms with Gasteiger partial charge in [-0.15, -0.1) is 0 Å². The van der Waals surface area contributed by atoms with Crippen LogP contribution in [-0.4, -0.2) is 43.5 Å². The maximum atomic E-state index is 13.7. The Morgan fingerprint density at radius 1 is 0.967 bits per heavy atom. The van der Waals surface area contributed by atoms with E-state index in [4.69, 9.17) is 4.74 Å². The zero-order valence-electron chi connectivity index (χ0n) is 17.0. The molecular weight excluding hydrogens is 399 g/mol. The average Bonchev–Trinajstić information content (AvgIpc) is 2.68. The Morgan fingerprint density at radius 2 is 1.60 bits per heavy atom. The Labute approximate surface area is 173 Å². The number of anilines is 2. The number of carbonyl (C=O) groups is 2. The quantitative estimate of drug-likeness (QED) is 0.604. The molecule has 0 aliphatic heterocycles. The highest BCUT2D eigenvalue weighted by Crippen LogP contribution is 2.25. The molecule has 0 aliphatic carbocycles. The third kappa shape index (κ3) is 6.21.